The smallest absolute Gasteiger partial charge is 0.261 e. The molecule has 0 fully saturated rings. The lowest BCUT2D eigenvalue weighted by Crippen LogP contribution is -2.34. The van der Waals surface area contributed by atoms with E-state index in [4.69, 9.17) is 21.7 Å². The van der Waals surface area contributed by atoms with E-state index in [0.29, 0.717) is 32.9 Å². The summed E-state index contributed by atoms with van der Waals surface area (Å²) in [5.74, 6) is 0.854. The molecule has 0 saturated carbocycles. The lowest BCUT2D eigenvalue weighted by Gasteiger charge is -2.13. The van der Waals surface area contributed by atoms with E-state index in [-0.39, 0.29) is 16.1 Å². The molecule has 11 heteroatoms. The van der Waals surface area contributed by atoms with Gasteiger partial charge in [0.25, 0.3) is 15.9 Å². The highest BCUT2D eigenvalue weighted by atomic mass is 79.9. The summed E-state index contributed by atoms with van der Waals surface area (Å²) in [4.78, 5) is 12.6. The molecule has 0 atom stereocenters. The molecule has 0 aliphatic carbocycles. The number of benzene rings is 3. The van der Waals surface area contributed by atoms with E-state index in [2.05, 4.69) is 31.3 Å². The molecule has 0 bridgehead atoms. The Labute approximate surface area is 218 Å². The van der Waals surface area contributed by atoms with E-state index in [1.165, 1.54) is 19.2 Å². The van der Waals surface area contributed by atoms with Crippen LogP contribution in [0, 0.1) is 0 Å². The van der Waals surface area contributed by atoms with E-state index in [1.807, 2.05) is 13.8 Å². The zero-order valence-electron chi connectivity index (χ0n) is 19.2. The van der Waals surface area contributed by atoms with Gasteiger partial charge in [0.2, 0.25) is 0 Å². The van der Waals surface area contributed by atoms with Crippen LogP contribution < -0.4 is 24.8 Å². The summed E-state index contributed by atoms with van der Waals surface area (Å²) >= 11 is 8.62. The van der Waals surface area contributed by atoms with Gasteiger partial charge in [-0.05, 0) is 109 Å². The summed E-state index contributed by atoms with van der Waals surface area (Å²) in [6, 6.07) is 17.5. The first kappa shape index (κ1) is 26.5. The third kappa shape index (κ3) is 7.41. The summed E-state index contributed by atoms with van der Waals surface area (Å²) in [7, 11) is -2.25. The molecule has 35 heavy (non-hydrogen) atoms. The normalized spacial score (nSPS) is 11.0. The van der Waals surface area contributed by atoms with Gasteiger partial charge in [-0.1, -0.05) is 0 Å². The number of ether oxygens (including phenoxy) is 2. The second kappa shape index (κ2) is 11.5. The van der Waals surface area contributed by atoms with Gasteiger partial charge in [-0.25, -0.2) is 8.42 Å². The number of amides is 1. The third-order valence-electron chi connectivity index (χ3n) is 4.55. The van der Waals surface area contributed by atoms with Crippen LogP contribution in [0.5, 0.6) is 11.5 Å². The number of carbonyl (C=O) groups excluding carboxylic acids is 1. The van der Waals surface area contributed by atoms with Crippen LogP contribution in [0.15, 0.2) is 76.1 Å². The van der Waals surface area contributed by atoms with Crippen molar-refractivity contribution in [2.45, 2.75) is 24.8 Å². The number of nitrogens with one attached hydrogen (secondary N) is 3. The molecule has 0 aliphatic rings. The molecule has 0 unspecified atom stereocenters. The molecule has 0 heterocycles. The molecule has 184 valence electrons. The Morgan fingerprint density at radius 1 is 0.971 bits per heavy atom. The predicted molar refractivity (Wildman–Crippen MR) is 144 cm³/mol. The number of rotatable bonds is 8. The fourth-order valence-electron chi connectivity index (χ4n) is 2.92. The zero-order chi connectivity index (χ0) is 25.6. The first-order valence-corrected chi connectivity index (χ1v) is 13.1. The lowest BCUT2D eigenvalue weighted by molar-refractivity contribution is 0.0977. The largest absolute Gasteiger partial charge is 0.497 e. The van der Waals surface area contributed by atoms with Crippen LogP contribution in [0.2, 0.25) is 0 Å². The van der Waals surface area contributed by atoms with Gasteiger partial charge in [0, 0.05) is 16.9 Å². The van der Waals surface area contributed by atoms with Crippen molar-refractivity contribution in [2.24, 2.45) is 0 Å². The van der Waals surface area contributed by atoms with Gasteiger partial charge in [-0.15, -0.1) is 0 Å². The topological polar surface area (TPSA) is 106 Å². The minimum atomic E-state index is -3.78. The molecule has 0 saturated heterocycles. The van der Waals surface area contributed by atoms with Crippen LogP contribution in [0.1, 0.15) is 24.2 Å². The Bertz CT molecular complexity index is 1310. The number of halogens is 1. The van der Waals surface area contributed by atoms with E-state index in [9.17, 15) is 13.2 Å². The summed E-state index contributed by atoms with van der Waals surface area (Å²) in [6.07, 6.45) is 0.00218. The average molecular weight is 579 g/mol. The number of methoxy groups -OCH3 is 1. The van der Waals surface area contributed by atoms with E-state index < -0.39 is 15.9 Å². The standard InChI is InChI=1S/C24H24BrN3O5S2/c1-15(2)33-22-13-4-16(14-21(22)25)23(29)27-24(34)26-17-7-11-20(12-8-17)35(30,31)28-18-5-9-19(32-3)10-6-18/h4-15,28H,1-3H3,(H2,26,27,29,34). The molecule has 0 aliphatic heterocycles. The maximum Gasteiger partial charge on any atom is 0.261 e. The lowest BCUT2D eigenvalue weighted by atomic mass is 10.2. The fourth-order valence-corrected chi connectivity index (χ4v) is 4.66. The molecule has 3 N–H and O–H groups in total. The Morgan fingerprint density at radius 3 is 2.17 bits per heavy atom. The van der Waals surface area contributed by atoms with E-state index >= 15 is 0 Å². The minimum absolute atomic E-state index is 0.00218. The molecule has 0 aromatic heterocycles. The van der Waals surface area contributed by atoms with Gasteiger partial charge >= 0.3 is 0 Å². The van der Waals surface area contributed by atoms with Crippen molar-refractivity contribution in [3.8, 4) is 11.5 Å². The summed E-state index contributed by atoms with van der Waals surface area (Å²) < 4.78 is 39.2. The molecule has 3 aromatic carbocycles. The number of sulfonamides is 1. The Balaban J connectivity index is 1.60. The zero-order valence-corrected chi connectivity index (χ0v) is 22.4. The molecular weight excluding hydrogens is 554 g/mol. The Hall–Kier alpha value is -3.15. The van der Waals surface area contributed by atoms with Crippen molar-refractivity contribution < 1.29 is 22.7 Å². The summed E-state index contributed by atoms with van der Waals surface area (Å²) in [5, 5.41) is 5.54. The first-order valence-electron chi connectivity index (χ1n) is 10.4. The van der Waals surface area contributed by atoms with Gasteiger partial charge in [-0.2, -0.15) is 0 Å². The van der Waals surface area contributed by atoms with Crippen LogP contribution in [-0.4, -0.2) is 32.7 Å². The molecule has 0 spiro atoms. The minimum Gasteiger partial charge on any atom is -0.497 e. The third-order valence-corrected chi connectivity index (χ3v) is 6.77. The van der Waals surface area contributed by atoms with Gasteiger partial charge in [0.1, 0.15) is 11.5 Å². The van der Waals surface area contributed by atoms with Gasteiger partial charge in [0.05, 0.1) is 22.6 Å². The number of hydrogen-bond acceptors (Lipinski definition) is 6. The Morgan fingerprint density at radius 2 is 1.60 bits per heavy atom. The van der Waals surface area contributed by atoms with Crippen molar-refractivity contribution in [1.82, 2.24) is 5.32 Å². The SMILES string of the molecule is COc1ccc(NS(=O)(=O)c2ccc(NC(=S)NC(=O)c3ccc(OC(C)C)c(Br)c3)cc2)cc1. The number of carbonyl (C=O) groups is 1. The monoisotopic (exact) mass is 577 g/mol. The quantitative estimate of drug-likeness (QED) is 0.317. The second-order valence-corrected chi connectivity index (χ2v) is 10.5. The van der Waals surface area contributed by atoms with Crippen LogP contribution in [-0.2, 0) is 10.0 Å². The molecule has 3 aromatic rings. The second-order valence-electron chi connectivity index (χ2n) is 7.58. The highest BCUT2D eigenvalue weighted by molar-refractivity contribution is 9.10. The first-order chi connectivity index (χ1) is 16.6. The van der Waals surface area contributed by atoms with E-state index in [1.54, 1.807) is 54.6 Å². The Kier molecular flexibility index (Phi) is 8.71. The summed E-state index contributed by atoms with van der Waals surface area (Å²) in [5.41, 5.74) is 1.32. The molecule has 0 radical (unpaired) electrons. The molecular formula is C24H24BrN3O5S2. The van der Waals surface area contributed by atoms with Gasteiger partial charge in [-0.3, -0.25) is 14.8 Å². The van der Waals surface area contributed by atoms with Crippen molar-refractivity contribution in [1.29, 1.82) is 0 Å². The predicted octanol–water partition coefficient (Wildman–Crippen LogP) is 5.17. The van der Waals surface area contributed by atoms with Crippen molar-refractivity contribution in [3.63, 3.8) is 0 Å². The number of thiocarbonyl (C=S) groups is 1. The molecule has 8 nitrogen and oxygen atoms in total. The van der Waals surface area contributed by atoms with Crippen LogP contribution >= 0.6 is 28.1 Å². The van der Waals surface area contributed by atoms with Crippen molar-refractivity contribution >= 4 is 60.6 Å². The van der Waals surface area contributed by atoms with Crippen molar-refractivity contribution in [3.05, 3.63) is 76.8 Å². The van der Waals surface area contributed by atoms with Crippen LogP contribution in [0.3, 0.4) is 0 Å². The number of anilines is 2. The van der Waals surface area contributed by atoms with E-state index in [0.717, 1.165) is 0 Å². The maximum atomic E-state index is 12.6. The van der Waals surface area contributed by atoms with Gasteiger partial charge < -0.3 is 14.8 Å². The highest BCUT2D eigenvalue weighted by Gasteiger charge is 2.15. The van der Waals surface area contributed by atoms with Crippen LogP contribution in [0.4, 0.5) is 11.4 Å². The highest BCUT2D eigenvalue weighted by Crippen LogP contribution is 2.27. The van der Waals surface area contributed by atoms with Crippen LogP contribution in [0.25, 0.3) is 0 Å². The maximum absolute atomic E-state index is 12.6. The molecule has 3 rings (SSSR count). The van der Waals surface area contributed by atoms with Crippen molar-refractivity contribution in [2.75, 3.05) is 17.1 Å². The molecule has 1 amide bonds. The fraction of sp³-hybridized carbons (Fsp3) is 0.167. The summed E-state index contributed by atoms with van der Waals surface area (Å²) in [6.45, 7) is 3.83. The van der Waals surface area contributed by atoms with Gasteiger partial charge in [0.15, 0.2) is 5.11 Å². The number of hydrogen-bond donors (Lipinski definition) is 3. The average Bonchev–Trinajstić information content (AvgIpc) is 2.80.